The summed E-state index contributed by atoms with van der Waals surface area (Å²) >= 11 is 2.03. The summed E-state index contributed by atoms with van der Waals surface area (Å²) in [6.45, 7) is 2.02. The lowest BCUT2D eigenvalue weighted by molar-refractivity contribution is -0.131. The number of carbonyl (C=O) groups excluding carboxylic acids is 2. The van der Waals surface area contributed by atoms with Crippen LogP contribution in [0.5, 0.6) is 0 Å². The number of amidine groups is 1. The van der Waals surface area contributed by atoms with Crippen molar-refractivity contribution in [2.24, 2.45) is 15.9 Å². The highest BCUT2D eigenvalue weighted by molar-refractivity contribution is 8.19. The Morgan fingerprint density at radius 1 is 1.27 bits per heavy atom. The number of carboxylic acid groups (broad SMARTS) is 1. The number of hydrogen-bond acceptors (Lipinski definition) is 6. The lowest BCUT2D eigenvalue weighted by Gasteiger charge is -2.14. The Kier molecular flexibility index (Phi) is 5.58. The number of hydrogen-bond donors (Lipinski definition) is 2. The minimum atomic E-state index is -1.08. The molecule has 2 aliphatic rings. The van der Waals surface area contributed by atoms with Gasteiger partial charge in [-0.3, -0.25) is 9.59 Å². The summed E-state index contributed by atoms with van der Waals surface area (Å²) in [4.78, 5) is 43.6. The molecule has 3 rings (SSSR count). The Labute approximate surface area is 158 Å². The molecule has 9 heteroatoms. The lowest BCUT2D eigenvalue weighted by Crippen LogP contribution is -2.27. The van der Waals surface area contributed by atoms with Crippen molar-refractivity contribution in [1.82, 2.24) is 5.32 Å². The zero-order chi connectivity index (χ0) is 18.7. The number of aliphatic carboxylic acids is 1. The second-order valence-electron chi connectivity index (χ2n) is 5.59. The first kappa shape index (κ1) is 18.4. The predicted octanol–water partition coefficient (Wildman–Crippen LogP) is 2.05. The summed E-state index contributed by atoms with van der Waals surface area (Å²) in [5.41, 5.74) is 1.45. The minimum absolute atomic E-state index is 0.0727. The van der Waals surface area contributed by atoms with Crippen molar-refractivity contribution in [3.63, 3.8) is 0 Å². The first-order valence-electron chi connectivity index (χ1n) is 7.72. The molecule has 1 unspecified atom stereocenters. The van der Waals surface area contributed by atoms with Gasteiger partial charge in [0.25, 0.3) is 5.91 Å². The molecule has 2 amide bonds. The summed E-state index contributed by atoms with van der Waals surface area (Å²) in [6.07, 6.45) is 0. The number of fused-ring (bicyclic) bond motifs is 1. The quantitative estimate of drug-likeness (QED) is 0.798. The number of aliphatic imine (C=N–C) groups is 2. The highest BCUT2D eigenvalue weighted by Crippen LogP contribution is 2.41. The van der Waals surface area contributed by atoms with Gasteiger partial charge in [0.1, 0.15) is 5.92 Å². The van der Waals surface area contributed by atoms with Crippen LogP contribution in [-0.2, 0) is 20.9 Å². The van der Waals surface area contributed by atoms with Gasteiger partial charge < -0.3 is 10.4 Å². The third-order valence-corrected chi connectivity index (χ3v) is 5.85. The largest absolute Gasteiger partial charge is 0.477 e. The van der Waals surface area contributed by atoms with E-state index in [1.54, 1.807) is 6.92 Å². The van der Waals surface area contributed by atoms with Crippen LogP contribution in [0, 0.1) is 5.92 Å². The molecule has 134 valence electrons. The molecule has 0 aliphatic carbocycles. The van der Waals surface area contributed by atoms with Gasteiger partial charge in [-0.2, -0.15) is 4.99 Å². The third-order valence-electron chi connectivity index (χ3n) is 3.76. The standard InChI is InChI=1S/C17H15N3O4S2/c1-9-12-14(22)19-17(20-15(12)26-13(9)16(23)24)25-8-11(21)18-7-10-5-3-2-4-6-10/h2-6,12H,7-8H2,1H3,(H,18,21)(H,23,24). The Balaban J connectivity index is 1.56. The molecule has 1 aromatic rings. The van der Waals surface area contributed by atoms with E-state index in [9.17, 15) is 19.5 Å². The van der Waals surface area contributed by atoms with E-state index < -0.39 is 17.8 Å². The molecule has 2 N–H and O–H groups in total. The summed E-state index contributed by atoms with van der Waals surface area (Å²) in [7, 11) is 0. The van der Waals surface area contributed by atoms with Crippen LogP contribution in [0.2, 0.25) is 0 Å². The fourth-order valence-corrected chi connectivity index (χ4v) is 4.31. The maximum Gasteiger partial charge on any atom is 0.342 e. The van der Waals surface area contributed by atoms with Crippen LogP contribution in [0.15, 0.2) is 50.8 Å². The fraction of sp³-hybridized carbons (Fsp3) is 0.235. The predicted molar refractivity (Wildman–Crippen MR) is 102 cm³/mol. The van der Waals surface area contributed by atoms with Gasteiger partial charge in [0.05, 0.1) is 15.7 Å². The van der Waals surface area contributed by atoms with Crippen LogP contribution in [-0.4, -0.2) is 38.9 Å². The van der Waals surface area contributed by atoms with Crippen molar-refractivity contribution in [1.29, 1.82) is 0 Å². The molecule has 0 bridgehead atoms. The number of carboxylic acids is 1. The molecule has 2 heterocycles. The van der Waals surface area contributed by atoms with Crippen molar-refractivity contribution in [2.45, 2.75) is 13.5 Å². The van der Waals surface area contributed by atoms with Crippen LogP contribution >= 0.6 is 23.5 Å². The van der Waals surface area contributed by atoms with Crippen molar-refractivity contribution in [3.05, 3.63) is 46.4 Å². The van der Waals surface area contributed by atoms with E-state index in [0.717, 1.165) is 29.1 Å². The Bertz CT molecular complexity index is 862. The van der Waals surface area contributed by atoms with E-state index >= 15 is 0 Å². The first-order chi connectivity index (χ1) is 12.5. The number of nitrogens with one attached hydrogen (secondary N) is 1. The monoisotopic (exact) mass is 389 g/mol. The maximum absolute atomic E-state index is 12.2. The summed E-state index contributed by atoms with van der Waals surface area (Å²) in [5, 5.41) is 12.5. The van der Waals surface area contributed by atoms with E-state index in [1.165, 1.54) is 0 Å². The van der Waals surface area contributed by atoms with Crippen LogP contribution in [0.1, 0.15) is 12.5 Å². The topological polar surface area (TPSA) is 108 Å². The van der Waals surface area contributed by atoms with E-state index in [2.05, 4.69) is 15.3 Å². The molecule has 1 aromatic carbocycles. The Morgan fingerprint density at radius 3 is 2.69 bits per heavy atom. The highest BCUT2D eigenvalue weighted by atomic mass is 32.2. The first-order valence-corrected chi connectivity index (χ1v) is 9.52. The van der Waals surface area contributed by atoms with Gasteiger partial charge >= 0.3 is 5.97 Å². The van der Waals surface area contributed by atoms with Crippen molar-refractivity contribution < 1.29 is 19.5 Å². The van der Waals surface area contributed by atoms with Crippen LogP contribution in [0.4, 0.5) is 0 Å². The number of nitrogens with zero attached hydrogens (tertiary/aromatic N) is 2. The zero-order valence-electron chi connectivity index (χ0n) is 13.8. The fourth-order valence-electron chi connectivity index (χ4n) is 2.47. The van der Waals surface area contributed by atoms with Gasteiger partial charge in [-0.1, -0.05) is 53.9 Å². The molecule has 0 fully saturated rings. The molecule has 0 spiro atoms. The smallest absolute Gasteiger partial charge is 0.342 e. The van der Waals surface area contributed by atoms with E-state index in [-0.39, 0.29) is 21.7 Å². The summed E-state index contributed by atoms with van der Waals surface area (Å²) in [5.74, 6) is -2.35. The average molecular weight is 389 g/mol. The molecular weight excluding hydrogens is 374 g/mol. The number of carbonyl (C=O) groups is 3. The molecular formula is C17H15N3O4S2. The highest BCUT2D eigenvalue weighted by Gasteiger charge is 2.40. The Hall–Kier alpha value is -2.39. The van der Waals surface area contributed by atoms with Gasteiger partial charge in [-0.25, -0.2) is 9.79 Å². The van der Waals surface area contributed by atoms with Gasteiger partial charge in [0, 0.05) is 6.54 Å². The number of benzene rings is 1. The molecule has 1 atom stereocenters. The molecule has 0 saturated carbocycles. The minimum Gasteiger partial charge on any atom is -0.477 e. The number of thioether (sulfide) groups is 2. The van der Waals surface area contributed by atoms with Crippen molar-refractivity contribution in [2.75, 3.05) is 5.75 Å². The van der Waals surface area contributed by atoms with E-state index in [4.69, 9.17) is 0 Å². The van der Waals surface area contributed by atoms with Gasteiger partial charge in [0.15, 0.2) is 5.17 Å². The van der Waals surface area contributed by atoms with E-state index in [0.29, 0.717) is 17.2 Å². The molecule has 0 aromatic heterocycles. The van der Waals surface area contributed by atoms with Crippen LogP contribution in [0.3, 0.4) is 0 Å². The summed E-state index contributed by atoms with van der Waals surface area (Å²) in [6, 6.07) is 9.52. The molecule has 0 radical (unpaired) electrons. The second-order valence-corrected chi connectivity index (χ2v) is 7.56. The molecule has 0 saturated heterocycles. The van der Waals surface area contributed by atoms with Crippen molar-refractivity contribution >= 4 is 51.5 Å². The van der Waals surface area contributed by atoms with Crippen LogP contribution in [0.25, 0.3) is 0 Å². The van der Waals surface area contributed by atoms with E-state index in [1.807, 2.05) is 30.3 Å². The number of rotatable bonds is 5. The van der Waals surface area contributed by atoms with Gasteiger partial charge in [-0.05, 0) is 18.1 Å². The maximum atomic E-state index is 12.2. The third kappa shape index (κ3) is 4.05. The van der Waals surface area contributed by atoms with Gasteiger partial charge in [0.2, 0.25) is 5.91 Å². The molecule has 2 aliphatic heterocycles. The van der Waals surface area contributed by atoms with Crippen molar-refractivity contribution in [3.8, 4) is 0 Å². The second kappa shape index (κ2) is 7.88. The SMILES string of the molecule is CC1=C(C(=O)O)SC2=NC(SCC(=O)NCc3ccccc3)=NC(=O)C21. The number of amides is 2. The van der Waals surface area contributed by atoms with Gasteiger partial charge in [-0.15, -0.1) is 0 Å². The lowest BCUT2D eigenvalue weighted by atomic mass is 10.0. The zero-order valence-corrected chi connectivity index (χ0v) is 15.4. The Morgan fingerprint density at radius 2 is 2.00 bits per heavy atom. The normalized spacial score (nSPS) is 19.0. The average Bonchev–Trinajstić information content (AvgIpc) is 2.96. The molecule has 7 nitrogen and oxygen atoms in total. The van der Waals surface area contributed by atoms with Crippen LogP contribution < -0.4 is 5.32 Å². The molecule has 26 heavy (non-hydrogen) atoms. The summed E-state index contributed by atoms with van der Waals surface area (Å²) < 4.78 is 0.